The molecular formula is C18H17F2N3O. The van der Waals surface area contributed by atoms with Crippen LogP contribution in [0.3, 0.4) is 0 Å². The Balaban J connectivity index is 1.67. The quantitative estimate of drug-likeness (QED) is 0.916. The van der Waals surface area contributed by atoms with E-state index in [0.29, 0.717) is 18.6 Å². The minimum absolute atomic E-state index is 0.0964. The molecule has 3 aliphatic rings. The highest BCUT2D eigenvalue weighted by atomic mass is 19.1. The van der Waals surface area contributed by atoms with Gasteiger partial charge < -0.3 is 10.5 Å². The Kier molecular flexibility index (Phi) is 2.81. The number of halogens is 2. The van der Waals surface area contributed by atoms with Crippen LogP contribution in [0.2, 0.25) is 0 Å². The Labute approximate surface area is 138 Å². The zero-order valence-electron chi connectivity index (χ0n) is 13.1. The molecule has 1 spiro atoms. The summed E-state index contributed by atoms with van der Waals surface area (Å²) in [5.74, 6) is -0.582. The standard InChI is InChI=1S/C18H17F2N3O/c19-13-5-10(9-1-2-9)6-14(20)15(13)16-11-7-18(3-4-18)24-8-12(11)17(21)23-22-16/h5-6,9H,1-4,7-8H2,(H2,21,23). The van der Waals surface area contributed by atoms with Crippen LogP contribution < -0.4 is 5.73 Å². The summed E-state index contributed by atoms with van der Waals surface area (Å²) in [5, 5.41) is 7.96. The third-order valence-electron chi connectivity index (χ3n) is 5.40. The van der Waals surface area contributed by atoms with E-state index in [9.17, 15) is 8.78 Å². The van der Waals surface area contributed by atoms with Crippen LogP contribution in [-0.4, -0.2) is 15.8 Å². The van der Waals surface area contributed by atoms with Crippen LogP contribution in [0.5, 0.6) is 0 Å². The van der Waals surface area contributed by atoms with Gasteiger partial charge in [0.05, 0.1) is 17.8 Å². The van der Waals surface area contributed by atoms with E-state index in [4.69, 9.17) is 10.5 Å². The summed E-state index contributed by atoms with van der Waals surface area (Å²) >= 11 is 0. The lowest BCUT2D eigenvalue weighted by atomic mass is 9.92. The summed E-state index contributed by atoms with van der Waals surface area (Å²) in [6.07, 6.45) is 4.49. The zero-order chi connectivity index (χ0) is 16.5. The number of hydrogen-bond donors (Lipinski definition) is 1. The van der Waals surface area contributed by atoms with Crippen molar-refractivity contribution in [1.82, 2.24) is 10.2 Å². The molecule has 2 N–H and O–H groups in total. The number of ether oxygens (including phenoxy) is 1. The minimum atomic E-state index is -0.575. The van der Waals surface area contributed by atoms with Crippen LogP contribution in [0.4, 0.5) is 14.6 Å². The predicted molar refractivity (Wildman–Crippen MR) is 84.2 cm³/mol. The fourth-order valence-corrected chi connectivity index (χ4v) is 3.60. The highest BCUT2D eigenvalue weighted by Crippen LogP contribution is 2.49. The third-order valence-corrected chi connectivity index (χ3v) is 5.40. The second-order valence-electron chi connectivity index (χ2n) is 7.17. The molecule has 0 saturated heterocycles. The van der Waals surface area contributed by atoms with Gasteiger partial charge in [0, 0.05) is 12.0 Å². The van der Waals surface area contributed by atoms with Gasteiger partial charge in [0.2, 0.25) is 0 Å². The molecule has 24 heavy (non-hydrogen) atoms. The molecule has 0 unspecified atom stereocenters. The Morgan fingerprint density at radius 3 is 2.42 bits per heavy atom. The molecule has 6 heteroatoms. The highest BCUT2D eigenvalue weighted by Gasteiger charge is 2.48. The van der Waals surface area contributed by atoms with Gasteiger partial charge in [0.15, 0.2) is 5.82 Å². The molecule has 124 valence electrons. The van der Waals surface area contributed by atoms with Crippen molar-refractivity contribution in [2.24, 2.45) is 0 Å². The fraction of sp³-hybridized carbons (Fsp3) is 0.444. The second kappa shape index (κ2) is 4.72. The van der Waals surface area contributed by atoms with Crippen molar-refractivity contribution in [1.29, 1.82) is 0 Å². The highest BCUT2D eigenvalue weighted by molar-refractivity contribution is 5.69. The molecule has 2 fully saturated rings. The van der Waals surface area contributed by atoms with Crippen molar-refractivity contribution in [3.05, 3.63) is 40.5 Å². The Morgan fingerprint density at radius 2 is 1.79 bits per heavy atom. The molecule has 0 radical (unpaired) electrons. The van der Waals surface area contributed by atoms with Crippen LogP contribution in [0.15, 0.2) is 12.1 Å². The molecule has 2 aliphatic carbocycles. The number of fused-ring (bicyclic) bond motifs is 1. The van der Waals surface area contributed by atoms with Gasteiger partial charge in [0.1, 0.15) is 17.3 Å². The summed E-state index contributed by atoms with van der Waals surface area (Å²) < 4.78 is 35.2. The molecule has 4 nitrogen and oxygen atoms in total. The van der Waals surface area contributed by atoms with Crippen LogP contribution in [0.25, 0.3) is 11.3 Å². The van der Waals surface area contributed by atoms with Crippen molar-refractivity contribution < 1.29 is 13.5 Å². The molecule has 1 aromatic carbocycles. The molecule has 5 rings (SSSR count). The molecule has 1 aliphatic heterocycles. The summed E-state index contributed by atoms with van der Waals surface area (Å²) in [6.45, 7) is 0.326. The average Bonchev–Trinajstić information content (AvgIpc) is 3.45. The van der Waals surface area contributed by atoms with Gasteiger partial charge in [-0.2, -0.15) is 0 Å². The van der Waals surface area contributed by atoms with E-state index in [1.807, 2.05) is 0 Å². The van der Waals surface area contributed by atoms with Crippen LogP contribution in [0.1, 0.15) is 48.3 Å². The van der Waals surface area contributed by atoms with Gasteiger partial charge in [-0.3, -0.25) is 0 Å². The number of anilines is 1. The van der Waals surface area contributed by atoms with Gasteiger partial charge in [0.25, 0.3) is 0 Å². The van der Waals surface area contributed by atoms with Gasteiger partial charge in [-0.15, -0.1) is 10.2 Å². The lowest BCUT2D eigenvalue weighted by Crippen LogP contribution is -2.26. The molecule has 1 aromatic heterocycles. The Hall–Kier alpha value is -2.08. The number of aromatic nitrogens is 2. The molecule has 2 saturated carbocycles. The van der Waals surface area contributed by atoms with Crippen LogP contribution in [0, 0.1) is 11.6 Å². The number of nitrogen functional groups attached to an aromatic ring is 1. The first kappa shape index (κ1) is 14.3. The number of hydrogen-bond acceptors (Lipinski definition) is 4. The molecule has 2 heterocycles. The Morgan fingerprint density at radius 1 is 1.08 bits per heavy atom. The van der Waals surface area contributed by atoms with E-state index in [-0.39, 0.29) is 28.6 Å². The first-order chi connectivity index (χ1) is 11.6. The number of nitrogens with two attached hydrogens (primary N) is 1. The van der Waals surface area contributed by atoms with Crippen molar-refractivity contribution in [2.45, 2.75) is 50.2 Å². The fourth-order valence-electron chi connectivity index (χ4n) is 3.60. The number of benzene rings is 1. The van der Waals surface area contributed by atoms with E-state index in [2.05, 4.69) is 10.2 Å². The van der Waals surface area contributed by atoms with Crippen molar-refractivity contribution >= 4 is 5.82 Å². The lowest BCUT2D eigenvalue weighted by molar-refractivity contribution is 0.00837. The monoisotopic (exact) mass is 329 g/mol. The first-order valence-electron chi connectivity index (χ1n) is 8.33. The van der Waals surface area contributed by atoms with E-state index in [1.165, 1.54) is 12.1 Å². The maximum absolute atomic E-state index is 14.7. The molecule has 2 aromatic rings. The van der Waals surface area contributed by atoms with Gasteiger partial charge in [-0.05, 0) is 54.9 Å². The topological polar surface area (TPSA) is 61.0 Å². The summed E-state index contributed by atoms with van der Waals surface area (Å²) in [6, 6.07) is 2.87. The van der Waals surface area contributed by atoms with E-state index in [0.717, 1.165) is 36.8 Å². The van der Waals surface area contributed by atoms with Crippen molar-refractivity contribution in [2.75, 3.05) is 5.73 Å². The van der Waals surface area contributed by atoms with Crippen molar-refractivity contribution in [3.63, 3.8) is 0 Å². The zero-order valence-corrected chi connectivity index (χ0v) is 13.1. The first-order valence-corrected chi connectivity index (χ1v) is 8.33. The summed E-state index contributed by atoms with van der Waals surface area (Å²) in [5.41, 5.74) is 8.10. The minimum Gasteiger partial charge on any atom is -0.382 e. The van der Waals surface area contributed by atoms with Crippen molar-refractivity contribution in [3.8, 4) is 11.3 Å². The maximum Gasteiger partial charge on any atom is 0.151 e. The summed E-state index contributed by atoms with van der Waals surface area (Å²) in [4.78, 5) is 0. The largest absolute Gasteiger partial charge is 0.382 e. The normalized spacial score (nSPS) is 20.9. The van der Waals surface area contributed by atoms with Gasteiger partial charge in [-0.25, -0.2) is 8.78 Å². The lowest BCUT2D eigenvalue weighted by Gasteiger charge is -2.27. The van der Waals surface area contributed by atoms with Crippen LogP contribution in [-0.2, 0) is 17.8 Å². The molecular weight excluding hydrogens is 312 g/mol. The number of rotatable bonds is 2. The maximum atomic E-state index is 14.7. The average molecular weight is 329 g/mol. The predicted octanol–water partition coefficient (Wildman–Crippen LogP) is 3.49. The van der Waals surface area contributed by atoms with E-state index in [1.54, 1.807) is 0 Å². The van der Waals surface area contributed by atoms with E-state index < -0.39 is 11.6 Å². The molecule has 0 atom stereocenters. The SMILES string of the molecule is Nc1nnc(-c2c(F)cc(C3CC3)cc2F)c2c1COC1(CC1)C2. The molecule has 0 amide bonds. The second-order valence-corrected chi connectivity index (χ2v) is 7.17. The Bertz CT molecular complexity index is 837. The van der Waals surface area contributed by atoms with Gasteiger partial charge in [-0.1, -0.05) is 0 Å². The number of nitrogens with zero attached hydrogens (tertiary/aromatic N) is 2. The van der Waals surface area contributed by atoms with Crippen LogP contribution >= 0.6 is 0 Å². The van der Waals surface area contributed by atoms with E-state index >= 15 is 0 Å². The summed E-state index contributed by atoms with van der Waals surface area (Å²) in [7, 11) is 0. The van der Waals surface area contributed by atoms with Gasteiger partial charge >= 0.3 is 0 Å². The smallest absolute Gasteiger partial charge is 0.151 e. The molecule has 0 bridgehead atoms. The third kappa shape index (κ3) is 2.13.